The number of nitrogens with two attached hydrogens (primary N) is 1. The Balaban J connectivity index is 1.51. The van der Waals surface area contributed by atoms with Crippen molar-refractivity contribution < 1.29 is 9.59 Å². The van der Waals surface area contributed by atoms with E-state index in [0.29, 0.717) is 12.2 Å². The highest BCUT2D eigenvalue weighted by Gasteiger charge is 2.23. The van der Waals surface area contributed by atoms with Crippen molar-refractivity contribution in [1.82, 2.24) is 9.88 Å². The summed E-state index contributed by atoms with van der Waals surface area (Å²) in [4.78, 5) is 29.7. The molecule has 0 radical (unpaired) electrons. The molecule has 3 rings (SSSR count). The second-order valence-electron chi connectivity index (χ2n) is 6.23. The summed E-state index contributed by atoms with van der Waals surface area (Å²) in [6.45, 7) is 1.44. The molecule has 1 saturated heterocycles. The molecular weight excluding hydrogens is 316 g/mol. The van der Waals surface area contributed by atoms with Gasteiger partial charge in [0.15, 0.2) is 0 Å². The Morgan fingerprint density at radius 3 is 2.48 bits per heavy atom. The van der Waals surface area contributed by atoms with Gasteiger partial charge in [0.2, 0.25) is 5.91 Å². The smallest absolute Gasteiger partial charge is 0.267 e. The first-order valence-electron chi connectivity index (χ1n) is 8.47. The number of likely N-dealkylation sites (tertiary alicyclic amines) is 1. The molecule has 2 aromatic rings. The average Bonchev–Trinajstić information content (AvgIpc) is 2.63. The van der Waals surface area contributed by atoms with Crippen molar-refractivity contribution >= 4 is 17.6 Å². The molecule has 1 aromatic heterocycles. The van der Waals surface area contributed by atoms with Crippen LogP contribution in [0.5, 0.6) is 0 Å². The van der Waals surface area contributed by atoms with Crippen LogP contribution in [0.25, 0.3) is 0 Å². The lowest BCUT2D eigenvalue weighted by molar-refractivity contribution is -0.131. The van der Waals surface area contributed by atoms with Gasteiger partial charge in [-0.2, -0.15) is 0 Å². The van der Waals surface area contributed by atoms with Gasteiger partial charge in [-0.3, -0.25) is 9.59 Å². The molecule has 1 fully saturated rings. The molecule has 0 unspecified atom stereocenters. The zero-order valence-electron chi connectivity index (χ0n) is 14.0. The summed E-state index contributed by atoms with van der Waals surface area (Å²) in [5.41, 5.74) is 6.55. The zero-order chi connectivity index (χ0) is 17.6. The summed E-state index contributed by atoms with van der Waals surface area (Å²) in [7, 11) is 0. The number of piperidine rings is 1. The quantitative estimate of drug-likeness (QED) is 0.870. The average molecular weight is 338 g/mol. The van der Waals surface area contributed by atoms with Crippen molar-refractivity contribution in [2.45, 2.75) is 25.3 Å². The molecule has 1 aliphatic heterocycles. The number of nitrogens with zero attached hydrogens (tertiary/aromatic N) is 2. The van der Waals surface area contributed by atoms with Gasteiger partial charge in [-0.05, 0) is 30.5 Å². The predicted molar refractivity (Wildman–Crippen MR) is 96.1 cm³/mol. The SMILES string of the molecule is NC(=O)c1cccc(NC2CCN(C(=O)Cc3ccccc3)CC2)n1. The number of primary amides is 1. The van der Waals surface area contributed by atoms with Crippen LogP contribution in [0, 0.1) is 0 Å². The van der Waals surface area contributed by atoms with Gasteiger partial charge >= 0.3 is 0 Å². The minimum absolute atomic E-state index is 0.165. The van der Waals surface area contributed by atoms with E-state index in [0.717, 1.165) is 31.5 Å². The minimum atomic E-state index is -0.537. The lowest BCUT2D eigenvalue weighted by atomic mass is 10.0. The maximum Gasteiger partial charge on any atom is 0.267 e. The summed E-state index contributed by atoms with van der Waals surface area (Å²) < 4.78 is 0. The predicted octanol–water partition coefficient (Wildman–Crippen LogP) is 1.83. The third-order valence-corrected chi connectivity index (χ3v) is 4.40. The molecule has 0 atom stereocenters. The van der Waals surface area contributed by atoms with Crippen LogP contribution in [0.1, 0.15) is 28.9 Å². The Morgan fingerprint density at radius 2 is 1.80 bits per heavy atom. The highest BCUT2D eigenvalue weighted by Crippen LogP contribution is 2.16. The van der Waals surface area contributed by atoms with E-state index in [9.17, 15) is 9.59 Å². The van der Waals surface area contributed by atoms with Crippen molar-refractivity contribution in [3.05, 3.63) is 59.8 Å². The molecule has 0 saturated carbocycles. The standard InChI is InChI=1S/C19H22N4O2/c20-19(25)16-7-4-8-17(22-16)21-15-9-11-23(12-10-15)18(24)13-14-5-2-1-3-6-14/h1-8,15H,9-13H2,(H2,20,25)(H,21,22). The van der Waals surface area contributed by atoms with E-state index in [1.165, 1.54) is 0 Å². The highest BCUT2D eigenvalue weighted by molar-refractivity contribution is 5.91. The molecule has 1 aromatic carbocycles. The number of hydrogen-bond acceptors (Lipinski definition) is 4. The number of amides is 2. The second kappa shape index (κ2) is 7.79. The van der Waals surface area contributed by atoms with Crippen LogP contribution in [-0.4, -0.2) is 40.8 Å². The van der Waals surface area contributed by atoms with E-state index in [1.807, 2.05) is 41.3 Å². The highest BCUT2D eigenvalue weighted by atomic mass is 16.2. The first-order chi connectivity index (χ1) is 12.1. The Morgan fingerprint density at radius 1 is 1.08 bits per heavy atom. The number of carbonyl (C=O) groups is 2. The lowest BCUT2D eigenvalue weighted by Crippen LogP contribution is -2.43. The van der Waals surface area contributed by atoms with Crippen LogP contribution < -0.4 is 11.1 Å². The number of carbonyl (C=O) groups excluding carboxylic acids is 2. The number of nitrogens with one attached hydrogen (secondary N) is 1. The first-order valence-corrected chi connectivity index (χ1v) is 8.47. The molecule has 0 aliphatic carbocycles. The van der Waals surface area contributed by atoms with E-state index < -0.39 is 5.91 Å². The number of hydrogen-bond donors (Lipinski definition) is 2. The van der Waals surface area contributed by atoms with Crippen LogP contribution in [0.15, 0.2) is 48.5 Å². The van der Waals surface area contributed by atoms with Crippen LogP contribution in [-0.2, 0) is 11.2 Å². The molecule has 130 valence electrons. The maximum atomic E-state index is 12.4. The van der Waals surface area contributed by atoms with Crippen molar-refractivity contribution in [2.75, 3.05) is 18.4 Å². The van der Waals surface area contributed by atoms with Gasteiger partial charge in [0.25, 0.3) is 5.91 Å². The van der Waals surface area contributed by atoms with Gasteiger partial charge in [0, 0.05) is 19.1 Å². The van der Waals surface area contributed by atoms with E-state index in [4.69, 9.17) is 5.73 Å². The molecule has 25 heavy (non-hydrogen) atoms. The maximum absolute atomic E-state index is 12.4. The molecule has 1 aliphatic rings. The van der Waals surface area contributed by atoms with Gasteiger partial charge in [-0.1, -0.05) is 36.4 Å². The van der Waals surface area contributed by atoms with Crippen molar-refractivity contribution in [2.24, 2.45) is 5.73 Å². The zero-order valence-corrected chi connectivity index (χ0v) is 14.0. The number of benzene rings is 1. The Kier molecular flexibility index (Phi) is 5.28. The van der Waals surface area contributed by atoms with Crippen molar-refractivity contribution in [1.29, 1.82) is 0 Å². The molecule has 0 spiro atoms. The summed E-state index contributed by atoms with van der Waals surface area (Å²) in [6, 6.07) is 15.2. The fraction of sp³-hybridized carbons (Fsp3) is 0.316. The van der Waals surface area contributed by atoms with Gasteiger partial charge in [0.05, 0.1) is 6.42 Å². The van der Waals surface area contributed by atoms with Gasteiger partial charge in [-0.25, -0.2) is 4.98 Å². The third-order valence-electron chi connectivity index (χ3n) is 4.40. The fourth-order valence-corrected chi connectivity index (χ4v) is 3.02. The summed E-state index contributed by atoms with van der Waals surface area (Å²) >= 11 is 0. The van der Waals surface area contributed by atoms with Crippen LogP contribution in [0.2, 0.25) is 0 Å². The first kappa shape index (κ1) is 17.0. The van der Waals surface area contributed by atoms with Crippen LogP contribution in [0.4, 0.5) is 5.82 Å². The van der Waals surface area contributed by atoms with Gasteiger partial charge in [-0.15, -0.1) is 0 Å². The molecule has 2 heterocycles. The van der Waals surface area contributed by atoms with E-state index in [-0.39, 0.29) is 17.6 Å². The van der Waals surface area contributed by atoms with Crippen LogP contribution >= 0.6 is 0 Å². The van der Waals surface area contributed by atoms with Crippen molar-refractivity contribution in [3.8, 4) is 0 Å². The van der Waals surface area contributed by atoms with Crippen LogP contribution in [0.3, 0.4) is 0 Å². The minimum Gasteiger partial charge on any atom is -0.367 e. The fourth-order valence-electron chi connectivity index (χ4n) is 3.02. The molecule has 6 heteroatoms. The second-order valence-corrected chi connectivity index (χ2v) is 6.23. The largest absolute Gasteiger partial charge is 0.367 e. The molecule has 0 bridgehead atoms. The summed E-state index contributed by atoms with van der Waals surface area (Å²) in [5.74, 6) is 0.272. The Hall–Kier alpha value is -2.89. The van der Waals surface area contributed by atoms with Gasteiger partial charge < -0.3 is 16.0 Å². The van der Waals surface area contributed by atoms with E-state index in [1.54, 1.807) is 12.1 Å². The Bertz CT molecular complexity index is 740. The normalized spacial score (nSPS) is 15.0. The number of aromatic nitrogens is 1. The summed E-state index contributed by atoms with van der Waals surface area (Å²) in [5, 5.41) is 3.33. The Labute approximate surface area is 147 Å². The molecule has 2 amide bonds. The van der Waals surface area contributed by atoms with E-state index >= 15 is 0 Å². The topological polar surface area (TPSA) is 88.3 Å². The monoisotopic (exact) mass is 338 g/mol. The number of rotatable bonds is 5. The van der Waals surface area contributed by atoms with Crippen molar-refractivity contribution in [3.63, 3.8) is 0 Å². The summed E-state index contributed by atoms with van der Waals surface area (Å²) in [6.07, 6.45) is 2.15. The third kappa shape index (κ3) is 4.56. The van der Waals surface area contributed by atoms with Gasteiger partial charge in [0.1, 0.15) is 11.5 Å². The van der Waals surface area contributed by atoms with E-state index in [2.05, 4.69) is 10.3 Å². The molecule has 3 N–H and O–H groups in total. The molecule has 6 nitrogen and oxygen atoms in total. The number of pyridine rings is 1. The number of anilines is 1. The molecular formula is C19H22N4O2. The lowest BCUT2D eigenvalue weighted by Gasteiger charge is -2.32.